The predicted octanol–water partition coefficient (Wildman–Crippen LogP) is 3.20. The van der Waals surface area contributed by atoms with E-state index in [1.807, 2.05) is 14.0 Å². The van der Waals surface area contributed by atoms with Gasteiger partial charge in [0.1, 0.15) is 5.60 Å². The Morgan fingerprint density at radius 1 is 1.45 bits per heavy atom. The fraction of sp³-hybridized carbons (Fsp3) is 0.588. The lowest BCUT2D eigenvalue weighted by atomic mass is 9.74. The Bertz CT molecular complexity index is 652. The monoisotopic (exact) mass is 280 g/mol. The first kappa shape index (κ1) is 9.56. The average molecular weight is 280 g/mol. The number of benzene rings is 1. The molecule has 1 aliphatic rings. The van der Waals surface area contributed by atoms with E-state index in [1.54, 1.807) is 6.92 Å². The lowest BCUT2D eigenvalue weighted by Crippen LogP contribution is -2.51. The minimum absolute atomic E-state index is 0.111. The van der Waals surface area contributed by atoms with Crippen LogP contribution >= 0.6 is 0 Å². The van der Waals surface area contributed by atoms with Crippen LogP contribution in [0.1, 0.15) is 45.5 Å². The van der Waals surface area contributed by atoms with Crippen LogP contribution in [0.15, 0.2) is 30.2 Å². The van der Waals surface area contributed by atoms with Gasteiger partial charge in [-0.1, -0.05) is 44.1 Å². The first-order chi connectivity index (χ1) is 11.7. The van der Waals surface area contributed by atoms with E-state index < -0.39 is 29.7 Å². The summed E-state index contributed by atoms with van der Waals surface area (Å²) in [7, 11) is 1.97. The first-order valence-corrected chi connectivity index (χ1v) is 7.17. The van der Waals surface area contributed by atoms with E-state index in [-0.39, 0.29) is 30.0 Å². The fourth-order valence-corrected chi connectivity index (χ4v) is 2.89. The van der Waals surface area contributed by atoms with Crippen molar-refractivity contribution in [1.82, 2.24) is 4.90 Å². The van der Waals surface area contributed by atoms with Crippen LogP contribution in [0.5, 0.6) is 0 Å². The highest BCUT2D eigenvalue weighted by Crippen LogP contribution is 2.42. The Morgan fingerprint density at radius 2 is 2.15 bits per heavy atom. The number of esters is 1. The Balaban J connectivity index is 2.75. The second-order valence-corrected chi connectivity index (χ2v) is 5.33. The van der Waals surface area contributed by atoms with Crippen LogP contribution in [0, 0.1) is 5.92 Å². The van der Waals surface area contributed by atoms with Gasteiger partial charge in [-0.3, -0.25) is 4.79 Å². The molecule has 0 radical (unpaired) electrons. The Hall–Kier alpha value is -1.35. The van der Waals surface area contributed by atoms with Crippen molar-refractivity contribution in [2.24, 2.45) is 5.92 Å². The second kappa shape index (κ2) is 6.40. The summed E-state index contributed by atoms with van der Waals surface area (Å²) in [5.41, 5.74) is -1.08. The molecule has 110 valence electrons. The molecule has 0 N–H and O–H groups in total. The minimum Gasteiger partial charge on any atom is -0.454 e. The van der Waals surface area contributed by atoms with E-state index in [1.165, 1.54) is 0 Å². The number of carbonyl (C=O) groups is 1. The first-order valence-electron chi connectivity index (χ1n) is 9.67. The quantitative estimate of drug-likeness (QED) is 0.793. The van der Waals surface area contributed by atoms with Gasteiger partial charge in [0.15, 0.2) is 0 Å². The van der Waals surface area contributed by atoms with E-state index in [0.29, 0.717) is 25.9 Å². The summed E-state index contributed by atoms with van der Waals surface area (Å²) in [6.45, 7) is 4.91. The molecule has 0 amide bonds. The average Bonchev–Trinajstić information content (AvgIpc) is 2.60. The van der Waals surface area contributed by atoms with Crippen LogP contribution in [0.4, 0.5) is 0 Å². The lowest BCUT2D eigenvalue weighted by molar-refractivity contribution is -0.176. The molecule has 1 heterocycles. The molecule has 1 fully saturated rings. The highest BCUT2D eigenvalue weighted by Gasteiger charge is 2.45. The Labute approximate surface area is 128 Å². The molecule has 2 rings (SSSR count). The van der Waals surface area contributed by atoms with E-state index in [0.717, 1.165) is 0 Å². The number of ether oxygens (including phenoxy) is 1. The van der Waals surface area contributed by atoms with Crippen molar-refractivity contribution in [2.75, 3.05) is 20.1 Å². The van der Waals surface area contributed by atoms with E-state index in [4.69, 9.17) is 11.6 Å². The summed E-state index contributed by atoms with van der Waals surface area (Å²) in [5.74, 6) is -0.569. The highest BCUT2D eigenvalue weighted by atomic mass is 16.6. The van der Waals surface area contributed by atoms with Crippen LogP contribution in [-0.4, -0.2) is 31.0 Å². The van der Waals surface area contributed by atoms with Crippen molar-refractivity contribution in [1.29, 1.82) is 0 Å². The summed E-state index contributed by atoms with van der Waals surface area (Å²) < 4.78 is 46.3. The van der Waals surface area contributed by atoms with Crippen molar-refractivity contribution in [3.8, 4) is 0 Å². The van der Waals surface area contributed by atoms with Gasteiger partial charge in [0.25, 0.3) is 0 Å². The molecular formula is C17H25NO2. The van der Waals surface area contributed by atoms with Gasteiger partial charge in [0.2, 0.25) is 0 Å². The largest absolute Gasteiger partial charge is 0.454 e. The molecule has 0 unspecified atom stereocenters. The van der Waals surface area contributed by atoms with E-state index >= 15 is 0 Å². The minimum atomic E-state index is -1.19. The molecule has 1 aliphatic heterocycles. The van der Waals surface area contributed by atoms with E-state index in [9.17, 15) is 4.79 Å². The molecule has 1 aromatic rings. The van der Waals surface area contributed by atoms with Crippen molar-refractivity contribution < 1.29 is 16.4 Å². The summed E-state index contributed by atoms with van der Waals surface area (Å²) in [6, 6.07) is -1.78. The topological polar surface area (TPSA) is 29.5 Å². The van der Waals surface area contributed by atoms with Gasteiger partial charge in [-0.15, -0.1) is 0 Å². The highest BCUT2D eigenvalue weighted by molar-refractivity contribution is 5.69. The molecule has 0 aliphatic carbocycles. The number of nitrogens with zero attached hydrogens (tertiary/aromatic N) is 1. The van der Waals surface area contributed by atoms with Crippen molar-refractivity contribution in [2.45, 2.75) is 38.7 Å². The zero-order valence-electron chi connectivity index (χ0n) is 17.4. The van der Waals surface area contributed by atoms with Crippen LogP contribution in [-0.2, 0) is 15.1 Å². The van der Waals surface area contributed by atoms with Gasteiger partial charge in [-0.2, -0.15) is 0 Å². The standard InChI is InChI=1S/C17H25NO2/c1-4-14-13-18(3)12-11-17(14,20-16(19)5-2)15-9-7-6-8-10-15/h6-10,14H,4-5,11-13H2,1-3H3/t14-,17+/m0/s1/i6D,7D,8D,9D,10D. The van der Waals surface area contributed by atoms with Gasteiger partial charge in [-0.25, -0.2) is 0 Å². The van der Waals surface area contributed by atoms with Gasteiger partial charge >= 0.3 is 5.97 Å². The zero-order chi connectivity index (χ0) is 18.9. The molecule has 0 bridgehead atoms. The SMILES string of the molecule is [2H]c1c([2H])c([2H])c([C@@]2(OC(=O)CC)CCN(C)C[C@@H]2CC)c([2H])c1[2H]. The molecule has 0 saturated carbocycles. The normalized spacial score (nSPS) is 30.8. The fourth-order valence-electron chi connectivity index (χ4n) is 2.89. The molecule has 1 aromatic carbocycles. The van der Waals surface area contributed by atoms with Gasteiger partial charge in [0, 0.05) is 31.8 Å². The molecule has 3 heteroatoms. The maximum atomic E-state index is 12.2. The van der Waals surface area contributed by atoms with Crippen molar-refractivity contribution in [3.05, 3.63) is 35.8 Å². The van der Waals surface area contributed by atoms with Gasteiger partial charge in [0.05, 0.1) is 6.85 Å². The number of carbonyl (C=O) groups excluding carboxylic acids is 1. The molecule has 0 spiro atoms. The van der Waals surface area contributed by atoms with Crippen molar-refractivity contribution >= 4 is 5.97 Å². The second-order valence-electron chi connectivity index (χ2n) is 5.33. The molecule has 1 saturated heterocycles. The molecule has 0 aromatic heterocycles. The van der Waals surface area contributed by atoms with Crippen LogP contribution < -0.4 is 0 Å². The zero-order valence-corrected chi connectivity index (χ0v) is 12.4. The summed E-state index contributed by atoms with van der Waals surface area (Å²) in [6.07, 6.45) is 1.25. The number of likely N-dealkylation sites (tertiary alicyclic amines) is 1. The summed E-state index contributed by atoms with van der Waals surface area (Å²) in [5, 5.41) is 0. The smallest absolute Gasteiger partial charge is 0.306 e. The van der Waals surface area contributed by atoms with Gasteiger partial charge in [-0.05, 0) is 19.0 Å². The molecular weight excluding hydrogens is 250 g/mol. The number of hydrogen-bond donors (Lipinski definition) is 0. The van der Waals surface area contributed by atoms with Crippen LogP contribution in [0.2, 0.25) is 0 Å². The number of piperidine rings is 1. The third-order valence-electron chi connectivity index (χ3n) is 4.06. The summed E-state index contributed by atoms with van der Waals surface area (Å²) >= 11 is 0. The Morgan fingerprint density at radius 3 is 2.75 bits per heavy atom. The maximum Gasteiger partial charge on any atom is 0.306 e. The van der Waals surface area contributed by atoms with Gasteiger partial charge < -0.3 is 9.64 Å². The predicted molar refractivity (Wildman–Crippen MR) is 80.4 cm³/mol. The third kappa shape index (κ3) is 2.88. The number of rotatable bonds is 4. The van der Waals surface area contributed by atoms with Crippen LogP contribution in [0.3, 0.4) is 0 Å². The summed E-state index contributed by atoms with van der Waals surface area (Å²) in [4.78, 5) is 14.3. The van der Waals surface area contributed by atoms with Crippen molar-refractivity contribution in [3.63, 3.8) is 0 Å². The van der Waals surface area contributed by atoms with E-state index in [2.05, 4.69) is 4.90 Å². The molecule has 20 heavy (non-hydrogen) atoms. The maximum absolute atomic E-state index is 12.2. The Kier molecular flexibility index (Phi) is 3.06. The van der Waals surface area contributed by atoms with Crippen LogP contribution in [0.25, 0.3) is 0 Å². The number of hydrogen-bond acceptors (Lipinski definition) is 3. The third-order valence-corrected chi connectivity index (χ3v) is 4.06. The molecule has 3 nitrogen and oxygen atoms in total. The molecule has 2 atom stereocenters. The lowest BCUT2D eigenvalue weighted by Gasteiger charge is -2.46.